The molecule has 0 amide bonds. The molecule has 0 unspecified atom stereocenters. The maximum Gasteiger partial charge on any atom is 0.0864 e. The number of hydrogen-bond donors (Lipinski definition) is 3. The number of nitrogens with zero attached hydrogens (tertiary/aromatic N) is 3. The summed E-state index contributed by atoms with van der Waals surface area (Å²) in [6.45, 7) is 1.98. The summed E-state index contributed by atoms with van der Waals surface area (Å²) in [4.78, 5) is 4.82. The second-order valence-electron chi connectivity index (χ2n) is 7.36. The van der Waals surface area contributed by atoms with Crippen molar-refractivity contribution in [1.82, 2.24) is 0 Å². The highest BCUT2D eigenvalue weighted by atomic mass is 16.8. The molecule has 1 aliphatic heterocycles. The summed E-state index contributed by atoms with van der Waals surface area (Å²) >= 11 is 0. The maximum atomic E-state index is 11.4. The van der Waals surface area contributed by atoms with E-state index in [1.54, 1.807) is 24.3 Å². The van der Waals surface area contributed by atoms with Gasteiger partial charge in [0.05, 0.1) is 34.0 Å². The predicted octanol–water partition coefficient (Wildman–Crippen LogP) is 4.93. The van der Waals surface area contributed by atoms with Gasteiger partial charge in [-0.1, -0.05) is 36.4 Å². The lowest BCUT2D eigenvalue weighted by Gasteiger charge is -2.33. The van der Waals surface area contributed by atoms with E-state index in [1.165, 1.54) is 12.1 Å². The minimum atomic E-state index is -0.677. The Labute approximate surface area is 173 Å². The highest BCUT2D eigenvalue weighted by molar-refractivity contribution is 6.05. The monoisotopic (exact) mass is 404 g/mol. The second-order valence-corrected chi connectivity index (χ2v) is 7.36. The summed E-state index contributed by atoms with van der Waals surface area (Å²) in [6, 6.07) is 20.9. The van der Waals surface area contributed by atoms with Gasteiger partial charge in [0.25, 0.3) is 0 Å². The number of anilines is 3. The lowest BCUT2D eigenvalue weighted by Crippen LogP contribution is -2.34. The Morgan fingerprint density at radius 2 is 1.57 bits per heavy atom. The molecule has 0 aliphatic carbocycles. The number of fused-ring (bicyclic) bond motifs is 1. The average Bonchev–Trinajstić information content (AvgIpc) is 2.90. The fourth-order valence-corrected chi connectivity index (χ4v) is 3.65. The quantitative estimate of drug-likeness (QED) is 0.528. The van der Waals surface area contributed by atoms with Gasteiger partial charge in [-0.15, -0.1) is 0 Å². The molecule has 30 heavy (non-hydrogen) atoms. The van der Waals surface area contributed by atoms with E-state index >= 15 is 0 Å². The van der Waals surface area contributed by atoms with Gasteiger partial charge in [0.15, 0.2) is 0 Å². The Bertz CT molecular complexity index is 1100. The molecular weight excluding hydrogens is 384 g/mol. The molecule has 3 N–H and O–H groups in total. The molecule has 0 saturated carbocycles. The van der Waals surface area contributed by atoms with Gasteiger partial charge in [-0.3, -0.25) is 15.4 Å². The SMILES string of the molecule is C[C@@]1(c2cccc(N([O-])O)c2)CC(c2cccc(N([O-])O)c2)=Nc2ccccc2N1. The summed E-state index contributed by atoms with van der Waals surface area (Å²) in [6.07, 6.45) is 0.420. The minimum absolute atomic E-state index is 0.103. The highest BCUT2D eigenvalue weighted by Crippen LogP contribution is 2.40. The largest absolute Gasteiger partial charge is 0.733 e. The zero-order chi connectivity index (χ0) is 21.3. The Hall–Kier alpha value is -3.43. The first-order chi connectivity index (χ1) is 14.4. The molecule has 0 bridgehead atoms. The molecule has 3 aromatic carbocycles. The lowest BCUT2D eigenvalue weighted by molar-refractivity contribution is 0.296. The van der Waals surface area contributed by atoms with Crippen LogP contribution in [0.4, 0.5) is 22.7 Å². The van der Waals surface area contributed by atoms with Crippen molar-refractivity contribution in [3.05, 3.63) is 94.3 Å². The first-order valence-corrected chi connectivity index (χ1v) is 9.34. The van der Waals surface area contributed by atoms with Crippen molar-refractivity contribution in [3.8, 4) is 0 Å². The van der Waals surface area contributed by atoms with E-state index in [-0.39, 0.29) is 21.8 Å². The van der Waals surface area contributed by atoms with E-state index in [1.807, 2.05) is 43.3 Å². The molecule has 0 saturated heterocycles. The van der Waals surface area contributed by atoms with E-state index < -0.39 is 5.54 Å². The smallest absolute Gasteiger partial charge is 0.0864 e. The van der Waals surface area contributed by atoms with Crippen LogP contribution < -0.4 is 15.8 Å². The van der Waals surface area contributed by atoms with Crippen LogP contribution in [0.2, 0.25) is 0 Å². The topological polar surface area (TPSA) is 117 Å². The number of para-hydroxylation sites is 2. The van der Waals surface area contributed by atoms with Crippen molar-refractivity contribution in [1.29, 1.82) is 0 Å². The molecule has 3 aromatic rings. The van der Waals surface area contributed by atoms with Gasteiger partial charge >= 0.3 is 0 Å². The number of benzene rings is 3. The van der Waals surface area contributed by atoms with E-state index in [0.717, 1.165) is 16.9 Å². The first-order valence-electron chi connectivity index (χ1n) is 9.34. The normalized spacial score (nSPS) is 18.0. The van der Waals surface area contributed by atoms with Crippen LogP contribution in [0, 0.1) is 10.4 Å². The van der Waals surface area contributed by atoms with Gasteiger partial charge in [-0.05, 0) is 54.4 Å². The molecule has 0 spiro atoms. The van der Waals surface area contributed by atoms with Crippen LogP contribution >= 0.6 is 0 Å². The molecule has 8 nitrogen and oxygen atoms in total. The number of aliphatic imine (C=N–C) groups is 1. The zero-order valence-corrected chi connectivity index (χ0v) is 16.2. The van der Waals surface area contributed by atoms with Crippen LogP contribution in [0.5, 0.6) is 0 Å². The van der Waals surface area contributed by atoms with Gasteiger partial charge in [0.1, 0.15) is 0 Å². The van der Waals surface area contributed by atoms with Crippen molar-refractivity contribution < 1.29 is 10.4 Å². The van der Waals surface area contributed by atoms with Gasteiger partial charge in [0, 0.05) is 6.42 Å². The Morgan fingerprint density at radius 3 is 2.30 bits per heavy atom. The molecule has 1 aliphatic rings. The lowest BCUT2D eigenvalue weighted by atomic mass is 9.84. The fourth-order valence-electron chi connectivity index (χ4n) is 3.65. The average molecular weight is 404 g/mol. The van der Waals surface area contributed by atoms with Crippen LogP contribution in [0.25, 0.3) is 0 Å². The Balaban J connectivity index is 1.85. The summed E-state index contributed by atoms with van der Waals surface area (Å²) in [5, 5.41) is 44.6. The van der Waals surface area contributed by atoms with Crippen LogP contribution in [0.3, 0.4) is 0 Å². The molecule has 0 fully saturated rings. The molecule has 8 heteroatoms. The van der Waals surface area contributed by atoms with Crippen molar-refractivity contribution in [3.63, 3.8) is 0 Å². The first kappa shape index (κ1) is 19.9. The van der Waals surface area contributed by atoms with Crippen LogP contribution in [-0.4, -0.2) is 16.1 Å². The van der Waals surface area contributed by atoms with Gasteiger partial charge < -0.3 is 26.2 Å². The molecular formula is C22H20N4O4-2. The molecule has 0 radical (unpaired) electrons. The van der Waals surface area contributed by atoms with Crippen molar-refractivity contribution in [2.45, 2.75) is 18.9 Å². The predicted molar refractivity (Wildman–Crippen MR) is 116 cm³/mol. The molecule has 1 atom stereocenters. The van der Waals surface area contributed by atoms with Gasteiger partial charge in [0.2, 0.25) is 0 Å². The molecule has 1 heterocycles. The Kier molecular flexibility index (Phi) is 5.15. The van der Waals surface area contributed by atoms with E-state index in [0.29, 0.717) is 17.7 Å². The van der Waals surface area contributed by atoms with Crippen LogP contribution in [0.1, 0.15) is 24.5 Å². The minimum Gasteiger partial charge on any atom is -0.733 e. The van der Waals surface area contributed by atoms with Crippen molar-refractivity contribution in [2.75, 3.05) is 15.8 Å². The third-order valence-electron chi connectivity index (χ3n) is 5.20. The third-order valence-corrected chi connectivity index (χ3v) is 5.20. The summed E-state index contributed by atoms with van der Waals surface area (Å²) < 4.78 is 0. The van der Waals surface area contributed by atoms with Crippen molar-refractivity contribution >= 4 is 28.5 Å². The van der Waals surface area contributed by atoms with Crippen LogP contribution in [-0.2, 0) is 5.54 Å². The standard InChI is InChI=1S/C22H20N4O4/c1-22(16-7-5-9-18(13-16)26(29)30)14-21(15-6-4-8-17(12-15)25(27)28)23-19-10-2-3-11-20(19)24-22/h2-13,24,27,29H,14H2,1H3/q-2/t22-/m0/s1. The summed E-state index contributed by atoms with van der Waals surface area (Å²) in [7, 11) is 0. The van der Waals surface area contributed by atoms with E-state index in [4.69, 9.17) is 4.99 Å². The summed E-state index contributed by atoms with van der Waals surface area (Å²) in [5.74, 6) is 0. The van der Waals surface area contributed by atoms with Gasteiger partial charge in [-0.2, -0.15) is 0 Å². The van der Waals surface area contributed by atoms with E-state index in [2.05, 4.69) is 5.32 Å². The number of nitrogens with one attached hydrogen (secondary N) is 1. The zero-order valence-electron chi connectivity index (χ0n) is 16.2. The van der Waals surface area contributed by atoms with Gasteiger partial charge in [-0.25, -0.2) is 0 Å². The fraction of sp³-hybridized carbons (Fsp3) is 0.136. The highest BCUT2D eigenvalue weighted by Gasteiger charge is 2.32. The molecule has 4 rings (SSSR count). The third kappa shape index (κ3) is 3.85. The molecule has 0 aromatic heterocycles. The number of hydrogen-bond acceptors (Lipinski definition) is 8. The van der Waals surface area contributed by atoms with Crippen LogP contribution in [0.15, 0.2) is 77.8 Å². The number of rotatable bonds is 4. The van der Waals surface area contributed by atoms with Crippen molar-refractivity contribution in [2.24, 2.45) is 4.99 Å². The van der Waals surface area contributed by atoms with E-state index in [9.17, 15) is 20.8 Å². The molecule has 154 valence electrons. The second kappa shape index (κ2) is 7.77. The summed E-state index contributed by atoms with van der Waals surface area (Å²) in [5.41, 5.74) is 3.26. The maximum absolute atomic E-state index is 11.4. The Morgan fingerprint density at radius 1 is 0.900 bits per heavy atom.